The van der Waals surface area contributed by atoms with Crippen molar-refractivity contribution < 1.29 is 0 Å². The van der Waals surface area contributed by atoms with Gasteiger partial charge >= 0.3 is 0 Å². The van der Waals surface area contributed by atoms with Gasteiger partial charge in [-0.15, -0.1) is 0 Å². The van der Waals surface area contributed by atoms with E-state index < -0.39 is 0 Å². The Morgan fingerprint density at radius 2 is 2.47 bits per heavy atom. The van der Waals surface area contributed by atoms with E-state index in [9.17, 15) is 4.79 Å². The summed E-state index contributed by atoms with van der Waals surface area (Å²) in [5.41, 5.74) is 5.60. The number of anilines is 1. The van der Waals surface area contributed by atoms with Crippen LogP contribution in [0.5, 0.6) is 0 Å². The smallest absolute Gasteiger partial charge is 0.252 e. The molecule has 0 saturated carbocycles. The van der Waals surface area contributed by atoms with Crippen molar-refractivity contribution in [2.24, 2.45) is 5.73 Å². The van der Waals surface area contributed by atoms with E-state index in [1.54, 1.807) is 0 Å². The number of nitrogens with one attached hydrogen (secondary N) is 1. The van der Waals surface area contributed by atoms with Gasteiger partial charge in [0.1, 0.15) is 5.82 Å². The van der Waals surface area contributed by atoms with Gasteiger partial charge in [-0.2, -0.15) is 0 Å². The van der Waals surface area contributed by atoms with Gasteiger partial charge in [0.15, 0.2) is 0 Å². The number of H-pyrrole nitrogens is 1. The highest BCUT2D eigenvalue weighted by atomic mass is 16.1. The highest BCUT2D eigenvalue weighted by molar-refractivity contribution is 5.38. The number of piperidine rings is 1. The van der Waals surface area contributed by atoms with Crippen molar-refractivity contribution in [3.63, 3.8) is 0 Å². The van der Waals surface area contributed by atoms with Crippen molar-refractivity contribution in [3.05, 3.63) is 22.7 Å². The number of hydrogen-bond donors (Lipinski definition) is 2. The van der Waals surface area contributed by atoms with Gasteiger partial charge in [-0.25, -0.2) is 4.98 Å². The average molecular weight is 208 g/mol. The quantitative estimate of drug-likeness (QED) is 0.722. The molecule has 0 bridgehead atoms. The summed E-state index contributed by atoms with van der Waals surface area (Å²) in [5, 5.41) is 0. The van der Waals surface area contributed by atoms with Gasteiger partial charge < -0.3 is 15.6 Å². The van der Waals surface area contributed by atoms with E-state index >= 15 is 0 Å². The van der Waals surface area contributed by atoms with Crippen LogP contribution in [0.15, 0.2) is 17.2 Å². The number of aromatic nitrogens is 2. The summed E-state index contributed by atoms with van der Waals surface area (Å²) in [4.78, 5) is 20.0. The van der Waals surface area contributed by atoms with Crippen molar-refractivity contribution in [1.29, 1.82) is 0 Å². The lowest BCUT2D eigenvalue weighted by Crippen LogP contribution is -2.44. The molecular formula is C10H16N4O. The number of nitrogens with zero attached hydrogens (tertiary/aromatic N) is 2. The molecule has 1 aliphatic heterocycles. The second-order valence-electron chi connectivity index (χ2n) is 3.85. The first-order valence-electron chi connectivity index (χ1n) is 5.32. The molecule has 0 radical (unpaired) electrons. The molecule has 0 spiro atoms. The summed E-state index contributed by atoms with van der Waals surface area (Å²) < 4.78 is 0. The lowest BCUT2D eigenvalue weighted by atomic mass is 10.0. The van der Waals surface area contributed by atoms with Crippen molar-refractivity contribution in [2.75, 3.05) is 18.0 Å². The van der Waals surface area contributed by atoms with Crippen molar-refractivity contribution in [1.82, 2.24) is 9.97 Å². The molecule has 5 nitrogen and oxygen atoms in total. The summed E-state index contributed by atoms with van der Waals surface area (Å²) in [7, 11) is 0. The van der Waals surface area contributed by atoms with Crippen molar-refractivity contribution >= 4 is 5.82 Å². The summed E-state index contributed by atoms with van der Waals surface area (Å²) in [6.45, 7) is 1.56. The van der Waals surface area contributed by atoms with Crippen LogP contribution in [0.1, 0.15) is 19.3 Å². The number of hydrogen-bond acceptors (Lipinski definition) is 4. The molecule has 1 aliphatic rings. The molecule has 2 rings (SSSR count). The number of rotatable bonds is 2. The molecule has 82 valence electrons. The lowest BCUT2D eigenvalue weighted by Gasteiger charge is -2.35. The first-order valence-corrected chi connectivity index (χ1v) is 5.32. The molecule has 1 aromatic heterocycles. The van der Waals surface area contributed by atoms with Crippen LogP contribution in [0.25, 0.3) is 0 Å². The van der Waals surface area contributed by atoms with Crippen LogP contribution >= 0.6 is 0 Å². The monoisotopic (exact) mass is 208 g/mol. The molecule has 5 heteroatoms. The zero-order valence-electron chi connectivity index (χ0n) is 8.65. The number of nitrogens with two attached hydrogens (primary N) is 1. The summed E-state index contributed by atoms with van der Waals surface area (Å²) in [6.07, 6.45) is 4.89. The van der Waals surface area contributed by atoms with Crippen LogP contribution in [0.4, 0.5) is 5.82 Å². The Morgan fingerprint density at radius 1 is 1.60 bits per heavy atom. The third-order valence-corrected chi connectivity index (χ3v) is 2.86. The Labute approximate surface area is 88.3 Å². The minimum absolute atomic E-state index is 0.110. The second kappa shape index (κ2) is 4.44. The van der Waals surface area contributed by atoms with Crippen LogP contribution in [0, 0.1) is 0 Å². The highest BCUT2D eigenvalue weighted by Gasteiger charge is 2.22. The average Bonchev–Trinajstić information content (AvgIpc) is 2.29. The van der Waals surface area contributed by atoms with Crippen LogP contribution in [-0.4, -0.2) is 29.1 Å². The summed E-state index contributed by atoms with van der Waals surface area (Å²) in [5.74, 6) is 0.744. The molecule has 1 atom stereocenters. The maximum atomic E-state index is 11.2. The van der Waals surface area contributed by atoms with Gasteiger partial charge in [-0.05, 0) is 19.3 Å². The van der Waals surface area contributed by atoms with Crippen LogP contribution in [0.3, 0.4) is 0 Å². The van der Waals surface area contributed by atoms with E-state index in [1.807, 2.05) is 0 Å². The maximum Gasteiger partial charge on any atom is 0.252 e. The van der Waals surface area contributed by atoms with E-state index in [0.29, 0.717) is 12.6 Å². The fourth-order valence-corrected chi connectivity index (χ4v) is 2.06. The van der Waals surface area contributed by atoms with Gasteiger partial charge in [0.2, 0.25) is 0 Å². The summed E-state index contributed by atoms with van der Waals surface area (Å²) >= 11 is 0. The third-order valence-electron chi connectivity index (χ3n) is 2.86. The molecule has 1 aromatic rings. The van der Waals surface area contributed by atoms with Crippen LogP contribution in [-0.2, 0) is 0 Å². The second-order valence-corrected chi connectivity index (χ2v) is 3.85. The highest BCUT2D eigenvalue weighted by Crippen LogP contribution is 2.20. The zero-order chi connectivity index (χ0) is 10.7. The van der Waals surface area contributed by atoms with E-state index in [2.05, 4.69) is 14.9 Å². The lowest BCUT2D eigenvalue weighted by molar-refractivity contribution is 0.461. The summed E-state index contributed by atoms with van der Waals surface area (Å²) in [6, 6.07) is 1.86. The molecule has 3 N–H and O–H groups in total. The van der Waals surface area contributed by atoms with Gasteiger partial charge in [0.25, 0.3) is 5.56 Å². The third kappa shape index (κ3) is 2.18. The van der Waals surface area contributed by atoms with Crippen LogP contribution in [0.2, 0.25) is 0 Å². The Balaban J connectivity index is 2.24. The molecule has 1 saturated heterocycles. The molecule has 0 aromatic carbocycles. The van der Waals surface area contributed by atoms with Gasteiger partial charge in [-0.3, -0.25) is 4.79 Å². The zero-order valence-corrected chi connectivity index (χ0v) is 8.65. The Morgan fingerprint density at radius 3 is 3.20 bits per heavy atom. The van der Waals surface area contributed by atoms with Gasteiger partial charge in [0, 0.05) is 25.2 Å². The number of aromatic amines is 1. The first-order chi connectivity index (χ1) is 7.31. The maximum absolute atomic E-state index is 11.2. The van der Waals surface area contributed by atoms with Crippen LogP contribution < -0.4 is 16.2 Å². The van der Waals surface area contributed by atoms with E-state index in [-0.39, 0.29) is 5.56 Å². The normalized spacial score (nSPS) is 21.7. The fourth-order valence-electron chi connectivity index (χ4n) is 2.06. The molecule has 0 amide bonds. The molecule has 2 heterocycles. The largest absolute Gasteiger partial charge is 0.352 e. The SMILES string of the molecule is NCC1CCCCN1c1cc(=O)[nH]cn1. The first kappa shape index (κ1) is 10.2. The molecule has 15 heavy (non-hydrogen) atoms. The fraction of sp³-hybridized carbons (Fsp3) is 0.600. The molecule has 1 unspecified atom stereocenters. The van der Waals surface area contributed by atoms with E-state index in [1.165, 1.54) is 18.8 Å². The molecular weight excluding hydrogens is 192 g/mol. The minimum Gasteiger partial charge on any atom is -0.352 e. The Kier molecular flexibility index (Phi) is 3.01. The Bertz CT molecular complexity index is 376. The van der Waals surface area contributed by atoms with Crippen molar-refractivity contribution in [3.8, 4) is 0 Å². The van der Waals surface area contributed by atoms with E-state index in [0.717, 1.165) is 25.2 Å². The minimum atomic E-state index is -0.110. The molecule has 0 aliphatic carbocycles. The van der Waals surface area contributed by atoms with Gasteiger partial charge in [0.05, 0.1) is 6.33 Å². The standard InChI is InChI=1S/C10H16N4O/c11-6-8-3-1-2-4-14(8)9-5-10(15)13-7-12-9/h5,7-8H,1-4,6,11H2,(H,12,13,15). The molecule has 1 fully saturated rings. The topological polar surface area (TPSA) is 75.0 Å². The predicted molar refractivity (Wildman–Crippen MR) is 58.9 cm³/mol. The Hall–Kier alpha value is -1.36. The van der Waals surface area contributed by atoms with Crippen molar-refractivity contribution in [2.45, 2.75) is 25.3 Å². The predicted octanol–water partition coefficient (Wildman–Crippen LogP) is 0.0875. The van der Waals surface area contributed by atoms with Gasteiger partial charge in [-0.1, -0.05) is 0 Å². The van der Waals surface area contributed by atoms with E-state index in [4.69, 9.17) is 5.73 Å².